The second-order valence-electron chi connectivity index (χ2n) is 4.64. The van der Waals surface area contributed by atoms with E-state index in [1.807, 2.05) is 0 Å². The molecule has 0 atom stereocenters. The summed E-state index contributed by atoms with van der Waals surface area (Å²) in [5, 5.41) is 3.12. The molecule has 1 aromatic heterocycles. The van der Waals surface area contributed by atoms with Crippen LogP contribution in [0, 0.1) is 6.92 Å². The molecule has 1 N–H and O–H groups in total. The van der Waals surface area contributed by atoms with Crippen molar-refractivity contribution in [2.24, 2.45) is 0 Å². The lowest BCUT2D eigenvalue weighted by Gasteiger charge is -2.09. The Morgan fingerprint density at radius 2 is 2.18 bits per heavy atom. The van der Waals surface area contributed by atoms with E-state index in [0.29, 0.717) is 29.4 Å². The fraction of sp³-hybridized carbons (Fsp3) is 0.267. The van der Waals surface area contributed by atoms with Gasteiger partial charge in [0, 0.05) is 24.8 Å². The van der Waals surface area contributed by atoms with E-state index in [0.717, 1.165) is 0 Å². The summed E-state index contributed by atoms with van der Waals surface area (Å²) in [4.78, 5) is 27.4. The van der Waals surface area contributed by atoms with Gasteiger partial charge in [-0.05, 0) is 19.1 Å². The molecule has 0 saturated heterocycles. The molecule has 0 spiro atoms. The zero-order valence-corrected chi connectivity index (χ0v) is 12.8. The average molecular weight is 322 g/mol. The number of carbonyl (C=O) groups is 1. The zero-order valence-electron chi connectivity index (χ0n) is 12.1. The number of nitrogens with one attached hydrogen (secondary N) is 1. The van der Waals surface area contributed by atoms with Gasteiger partial charge in [0.1, 0.15) is 5.75 Å². The van der Waals surface area contributed by atoms with Crippen molar-refractivity contribution >= 4 is 17.5 Å². The number of hydrogen-bond acceptors (Lipinski definition) is 4. The van der Waals surface area contributed by atoms with Gasteiger partial charge in [-0.3, -0.25) is 14.2 Å². The van der Waals surface area contributed by atoms with Gasteiger partial charge in [-0.15, -0.1) is 0 Å². The molecule has 7 heteroatoms. The molecule has 2 rings (SSSR count). The van der Waals surface area contributed by atoms with Gasteiger partial charge in [0.25, 0.3) is 11.5 Å². The van der Waals surface area contributed by atoms with E-state index >= 15 is 0 Å². The van der Waals surface area contributed by atoms with Crippen molar-refractivity contribution in [3.8, 4) is 5.75 Å². The Bertz CT molecular complexity index is 715. The molecule has 0 aliphatic rings. The number of hydrogen-bond donors (Lipinski definition) is 1. The lowest BCUT2D eigenvalue weighted by Crippen LogP contribution is -2.34. The summed E-state index contributed by atoms with van der Waals surface area (Å²) < 4.78 is 6.77. The highest BCUT2D eigenvalue weighted by Gasteiger charge is 2.05. The molecule has 0 saturated carbocycles. The van der Waals surface area contributed by atoms with Gasteiger partial charge in [0.15, 0.2) is 6.61 Å². The van der Waals surface area contributed by atoms with Crippen LogP contribution in [-0.4, -0.2) is 28.6 Å². The standard InChI is InChI=1S/C15H16ClN3O3/c1-11-8-17-10-19(15(11)21)7-6-18-14(20)9-22-13-5-3-2-4-12(13)16/h2-5,8,10H,6-7,9H2,1H3,(H,18,20). The Hall–Kier alpha value is -2.34. The number of benzene rings is 1. The first-order valence-electron chi connectivity index (χ1n) is 6.73. The number of halogens is 1. The van der Waals surface area contributed by atoms with Gasteiger partial charge >= 0.3 is 0 Å². The van der Waals surface area contributed by atoms with Crippen molar-refractivity contribution in [2.75, 3.05) is 13.2 Å². The van der Waals surface area contributed by atoms with Crippen molar-refractivity contribution in [3.63, 3.8) is 0 Å². The summed E-state index contributed by atoms with van der Waals surface area (Å²) in [6.07, 6.45) is 2.95. The van der Waals surface area contributed by atoms with Crippen LogP contribution in [0.3, 0.4) is 0 Å². The summed E-state index contributed by atoms with van der Waals surface area (Å²) in [6.45, 7) is 2.23. The van der Waals surface area contributed by atoms with Crippen LogP contribution in [0.25, 0.3) is 0 Å². The number of rotatable bonds is 6. The maximum Gasteiger partial charge on any atom is 0.258 e. The minimum absolute atomic E-state index is 0.114. The first-order valence-corrected chi connectivity index (χ1v) is 7.11. The van der Waals surface area contributed by atoms with E-state index in [1.54, 1.807) is 31.2 Å². The molecule has 0 fully saturated rings. The van der Waals surface area contributed by atoms with E-state index < -0.39 is 0 Å². The fourth-order valence-electron chi connectivity index (χ4n) is 1.79. The summed E-state index contributed by atoms with van der Waals surface area (Å²) in [7, 11) is 0. The Kier molecular flexibility index (Phi) is 5.55. The monoisotopic (exact) mass is 321 g/mol. The van der Waals surface area contributed by atoms with Gasteiger partial charge in [-0.1, -0.05) is 23.7 Å². The largest absolute Gasteiger partial charge is 0.482 e. The molecule has 2 aromatic rings. The minimum Gasteiger partial charge on any atom is -0.482 e. The summed E-state index contributed by atoms with van der Waals surface area (Å²) >= 11 is 5.92. The molecule has 0 aliphatic carbocycles. The Labute approximate surface area is 132 Å². The first-order chi connectivity index (χ1) is 10.6. The Morgan fingerprint density at radius 3 is 2.95 bits per heavy atom. The molecule has 0 aliphatic heterocycles. The maximum absolute atomic E-state index is 11.8. The second-order valence-corrected chi connectivity index (χ2v) is 5.05. The van der Waals surface area contributed by atoms with Gasteiger partial charge in [-0.2, -0.15) is 0 Å². The number of carbonyl (C=O) groups excluding carboxylic acids is 1. The summed E-state index contributed by atoms with van der Waals surface area (Å²) in [6, 6.07) is 6.93. The van der Waals surface area contributed by atoms with Gasteiger partial charge < -0.3 is 10.1 Å². The lowest BCUT2D eigenvalue weighted by molar-refractivity contribution is -0.123. The van der Waals surface area contributed by atoms with Crippen molar-refractivity contribution in [3.05, 3.63) is 57.7 Å². The number of aromatic nitrogens is 2. The molecule has 0 bridgehead atoms. The third kappa shape index (κ3) is 4.33. The molecule has 0 unspecified atom stereocenters. The SMILES string of the molecule is Cc1cncn(CCNC(=O)COc2ccccc2Cl)c1=O. The van der Waals surface area contributed by atoms with Crippen LogP contribution in [0.15, 0.2) is 41.6 Å². The first kappa shape index (κ1) is 16.0. The van der Waals surface area contributed by atoms with E-state index in [-0.39, 0.29) is 18.1 Å². The molecule has 6 nitrogen and oxygen atoms in total. The minimum atomic E-state index is -0.284. The fourth-order valence-corrected chi connectivity index (χ4v) is 1.98. The number of nitrogens with zero attached hydrogens (tertiary/aromatic N) is 2. The van der Waals surface area contributed by atoms with Crippen LogP contribution in [0.5, 0.6) is 5.75 Å². The Balaban J connectivity index is 1.78. The van der Waals surface area contributed by atoms with Gasteiger partial charge in [0.05, 0.1) is 11.3 Å². The number of para-hydroxylation sites is 1. The lowest BCUT2D eigenvalue weighted by atomic mass is 10.3. The second kappa shape index (κ2) is 7.61. The van der Waals surface area contributed by atoms with Gasteiger partial charge in [0.2, 0.25) is 0 Å². The van der Waals surface area contributed by atoms with Crippen LogP contribution in [0.4, 0.5) is 0 Å². The highest BCUT2D eigenvalue weighted by molar-refractivity contribution is 6.32. The van der Waals surface area contributed by atoms with Crippen LogP contribution >= 0.6 is 11.6 Å². The Morgan fingerprint density at radius 1 is 1.41 bits per heavy atom. The number of aryl methyl sites for hydroxylation is 1. The highest BCUT2D eigenvalue weighted by Crippen LogP contribution is 2.22. The molecular weight excluding hydrogens is 306 g/mol. The van der Waals surface area contributed by atoms with E-state index in [9.17, 15) is 9.59 Å². The highest BCUT2D eigenvalue weighted by atomic mass is 35.5. The van der Waals surface area contributed by atoms with Crippen LogP contribution in [0.2, 0.25) is 5.02 Å². The predicted molar refractivity (Wildman–Crippen MR) is 83.2 cm³/mol. The molecule has 1 aromatic carbocycles. The normalized spacial score (nSPS) is 10.3. The zero-order chi connectivity index (χ0) is 15.9. The van der Waals surface area contributed by atoms with Crippen LogP contribution in [0.1, 0.15) is 5.56 Å². The number of ether oxygens (including phenoxy) is 1. The third-order valence-corrected chi connectivity index (χ3v) is 3.25. The van der Waals surface area contributed by atoms with Crippen molar-refractivity contribution in [2.45, 2.75) is 13.5 Å². The average Bonchev–Trinajstić information content (AvgIpc) is 2.51. The smallest absolute Gasteiger partial charge is 0.258 e. The van der Waals surface area contributed by atoms with Crippen molar-refractivity contribution in [1.82, 2.24) is 14.9 Å². The van der Waals surface area contributed by atoms with Crippen LogP contribution in [-0.2, 0) is 11.3 Å². The summed E-state index contributed by atoms with van der Waals surface area (Å²) in [5.74, 6) is 0.173. The molecule has 1 heterocycles. The molecular formula is C15H16ClN3O3. The molecule has 0 radical (unpaired) electrons. The summed E-state index contributed by atoms with van der Waals surface area (Å²) in [5.41, 5.74) is 0.451. The molecule has 22 heavy (non-hydrogen) atoms. The van der Waals surface area contributed by atoms with E-state index in [4.69, 9.17) is 16.3 Å². The number of amides is 1. The third-order valence-electron chi connectivity index (χ3n) is 2.94. The topological polar surface area (TPSA) is 73.2 Å². The van der Waals surface area contributed by atoms with Crippen molar-refractivity contribution in [1.29, 1.82) is 0 Å². The maximum atomic E-state index is 11.8. The van der Waals surface area contributed by atoms with E-state index in [1.165, 1.54) is 17.1 Å². The van der Waals surface area contributed by atoms with Crippen molar-refractivity contribution < 1.29 is 9.53 Å². The van der Waals surface area contributed by atoms with E-state index in [2.05, 4.69) is 10.3 Å². The molecule has 116 valence electrons. The van der Waals surface area contributed by atoms with Gasteiger partial charge in [-0.25, -0.2) is 4.98 Å². The molecule has 1 amide bonds. The quantitative estimate of drug-likeness (QED) is 0.873. The predicted octanol–water partition coefficient (Wildman–Crippen LogP) is 1.40. The van der Waals surface area contributed by atoms with Crippen LogP contribution < -0.4 is 15.6 Å².